The highest BCUT2D eigenvalue weighted by Gasteiger charge is 2.30. The first-order valence-corrected chi connectivity index (χ1v) is 5.53. The van der Waals surface area contributed by atoms with E-state index in [0.717, 1.165) is 12.8 Å². The topological polar surface area (TPSA) is 27.0 Å². The molecule has 0 saturated heterocycles. The van der Waals surface area contributed by atoms with Crippen molar-refractivity contribution in [3.8, 4) is 6.07 Å². The van der Waals surface area contributed by atoms with Crippen LogP contribution in [0.15, 0.2) is 24.3 Å². The van der Waals surface area contributed by atoms with E-state index in [1.54, 1.807) is 0 Å². The molecule has 0 fully saturated rings. The van der Waals surface area contributed by atoms with Gasteiger partial charge in [-0.25, -0.2) is 0 Å². The zero-order valence-electron chi connectivity index (χ0n) is 9.27. The lowest BCUT2D eigenvalue weighted by molar-refractivity contribution is 0.603. The number of hydrogen-bond acceptors (Lipinski definition) is 2. The first-order chi connectivity index (χ1) is 7.27. The number of anilines is 1. The fraction of sp³-hybridized carbons (Fsp3) is 0.462. The van der Waals surface area contributed by atoms with E-state index in [9.17, 15) is 0 Å². The highest BCUT2D eigenvalue weighted by Crippen LogP contribution is 2.33. The molecule has 1 aromatic rings. The maximum Gasteiger partial charge on any atom is 0.116 e. The molecular weight excluding hydrogens is 184 g/mol. The summed E-state index contributed by atoms with van der Waals surface area (Å²) in [6.45, 7) is 4.27. The molecule has 2 nitrogen and oxygen atoms in total. The highest BCUT2D eigenvalue weighted by molar-refractivity contribution is 5.60. The number of rotatable bonds is 2. The molecule has 0 amide bonds. The van der Waals surface area contributed by atoms with E-state index < -0.39 is 0 Å². The van der Waals surface area contributed by atoms with E-state index in [0.29, 0.717) is 6.04 Å². The molecule has 2 heteroatoms. The summed E-state index contributed by atoms with van der Waals surface area (Å²) in [7, 11) is 0. The number of para-hydroxylation sites is 1. The van der Waals surface area contributed by atoms with E-state index in [-0.39, 0.29) is 6.04 Å². The summed E-state index contributed by atoms with van der Waals surface area (Å²) in [6, 6.07) is 11.3. The smallest absolute Gasteiger partial charge is 0.116 e. The standard InChI is InChI=1S/C13H16N2/c1-3-12(9-14)15-10(2)8-11-6-4-5-7-13(11)15/h4-7,10,12H,3,8H2,1-2H3. The van der Waals surface area contributed by atoms with Gasteiger partial charge in [-0.05, 0) is 31.4 Å². The van der Waals surface area contributed by atoms with Crippen molar-refractivity contribution in [3.63, 3.8) is 0 Å². The third-order valence-corrected chi connectivity index (χ3v) is 3.13. The predicted octanol–water partition coefficient (Wildman–Crippen LogP) is 2.74. The normalized spacial score (nSPS) is 20.9. The van der Waals surface area contributed by atoms with Crippen molar-refractivity contribution in [2.75, 3.05) is 4.90 Å². The van der Waals surface area contributed by atoms with Gasteiger partial charge in [-0.2, -0.15) is 5.26 Å². The lowest BCUT2D eigenvalue weighted by atomic mass is 10.1. The van der Waals surface area contributed by atoms with E-state index >= 15 is 0 Å². The summed E-state index contributed by atoms with van der Waals surface area (Å²) in [5, 5.41) is 9.14. The summed E-state index contributed by atoms with van der Waals surface area (Å²) >= 11 is 0. The maximum absolute atomic E-state index is 9.14. The van der Waals surface area contributed by atoms with E-state index in [4.69, 9.17) is 5.26 Å². The largest absolute Gasteiger partial charge is 0.352 e. The van der Waals surface area contributed by atoms with Crippen molar-refractivity contribution in [3.05, 3.63) is 29.8 Å². The van der Waals surface area contributed by atoms with Gasteiger partial charge in [0.2, 0.25) is 0 Å². The van der Waals surface area contributed by atoms with Crippen LogP contribution >= 0.6 is 0 Å². The molecule has 0 bridgehead atoms. The lowest BCUT2D eigenvalue weighted by Crippen LogP contribution is -2.38. The van der Waals surface area contributed by atoms with Crippen LogP contribution in [-0.4, -0.2) is 12.1 Å². The molecule has 1 aliphatic heterocycles. The minimum absolute atomic E-state index is 0.0173. The fourth-order valence-corrected chi connectivity index (χ4v) is 2.41. The van der Waals surface area contributed by atoms with Crippen LogP contribution in [0, 0.1) is 11.3 Å². The molecule has 0 aromatic heterocycles. The Kier molecular flexibility index (Phi) is 2.64. The number of hydrogen-bond donors (Lipinski definition) is 0. The van der Waals surface area contributed by atoms with Gasteiger partial charge in [-0.3, -0.25) is 0 Å². The van der Waals surface area contributed by atoms with Gasteiger partial charge in [0.05, 0.1) is 6.07 Å². The van der Waals surface area contributed by atoms with Gasteiger partial charge in [0.1, 0.15) is 6.04 Å². The molecule has 2 unspecified atom stereocenters. The Morgan fingerprint density at radius 2 is 2.27 bits per heavy atom. The molecule has 2 atom stereocenters. The van der Waals surface area contributed by atoms with Crippen molar-refractivity contribution < 1.29 is 0 Å². The van der Waals surface area contributed by atoms with Gasteiger partial charge < -0.3 is 4.90 Å². The summed E-state index contributed by atoms with van der Waals surface area (Å²) in [4.78, 5) is 2.26. The van der Waals surface area contributed by atoms with Crippen LogP contribution in [-0.2, 0) is 6.42 Å². The third kappa shape index (κ3) is 1.59. The fourth-order valence-electron chi connectivity index (χ4n) is 2.41. The number of nitriles is 1. The molecule has 2 rings (SSSR count). The second-order valence-corrected chi connectivity index (χ2v) is 4.14. The quantitative estimate of drug-likeness (QED) is 0.734. The minimum Gasteiger partial charge on any atom is -0.352 e. The summed E-state index contributed by atoms with van der Waals surface area (Å²) in [6.07, 6.45) is 1.95. The SMILES string of the molecule is CCC(C#N)N1c2ccccc2CC1C. The van der Waals surface area contributed by atoms with Crippen molar-refractivity contribution >= 4 is 5.69 Å². The van der Waals surface area contributed by atoms with Gasteiger partial charge in [0.15, 0.2) is 0 Å². The first-order valence-electron chi connectivity index (χ1n) is 5.53. The minimum atomic E-state index is 0.0173. The summed E-state index contributed by atoms with van der Waals surface area (Å²) in [5.41, 5.74) is 2.62. The van der Waals surface area contributed by atoms with Crippen LogP contribution in [0.25, 0.3) is 0 Å². The van der Waals surface area contributed by atoms with Gasteiger partial charge in [-0.1, -0.05) is 25.1 Å². The molecular formula is C13H16N2. The Hall–Kier alpha value is -1.49. The molecule has 1 aromatic carbocycles. The van der Waals surface area contributed by atoms with Crippen LogP contribution in [0.1, 0.15) is 25.8 Å². The molecule has 0 N–H and O–H groups in total. The van der Waals surface area contributed by atoms with Gasteiger partial charge >= 0.3 is 0 Å². The van der Waals surface area contributed by atoms with Crippen molar-refractivity contribution in [1.82, 2.24) is 0 Å². The predicted molar refractivity (Wildman–Crippen MR) is 61.8 cm³/mol. The average molecular weight is 200 g/mol. The van der Waals surface area contributed by atoms with Crippen molar-refractivity contribution in [1.29, 1.82) is 5.26 Å². The van der Waals surface area contributed by atoms with E-state index in [1.807, 2.05) is 6.07 Å². The van der Waals surface area contributed by atoms with Crippen LogP contribution in [0.3, 0.4) is 0 Å². The van der Waals surface area contributed by atoms with Crippen LogP contribution in [0.2, 0.25) is 0 Å². The summed E-state index contributed by atoms with van der Waals surface area (Å²) in [5.74, 6) is 0. The van der Waals surface area contributed by atoms with E-state index in [1.165, 1.54) is 11.3 Å². The Labute approximate surface area is 91.1 Å². The molecule has 0 spiro atoms. The molecule has 1 aliphatic rings. The summed E-state index contributed by atoms with van der Waals surface area (Å²) < 4.78 is 0. The molecule has 0 saturated carbocycles. The molecule has 1 heterocycles. The van der Waals surface area contributed by atoms with Gasteiger partial charge in [0.25, 0.3) is 0 Å². The zero-order chi connectivity index (χ0) is 10.8. The van der Waals surface area contributed by atoms with Crippen molar-refractivity contribution in [2.45, 2.75) is 38.8 Å². The first kappa shape index (κ1) is 10.0. The number of nitrogens with zero attached hydrogens (tertiary/aromatic N) is 2. The van der Waals surface area contributed by atoms with E-state index in [2.05, 4.69) is 43.0 Å². The third-order valence-electron chi connectivity index (χ3n) is 3.13. The Morgan fingerprint density at radius 3 is 2.93 bits per heavy atom. The number of fused-ring (bicyclic) bond motifs is 1. The van der Waals surface area contributed by atoms with Gasteiger partial charge in [-0.15, -0.1) is 0 Å². The maximum atomic E-state index is 9.14. The highest BCUT2D eigenvalue weighted by atomic mass is 15.2. The Morgan fingerprint density at radius 1 is 1.53 bits per heavy atom. The average Bonchev–Trinajstić information content (AvgIpc) is 2.58. The van der Waals surface area contributed by atoms with Crippen molar-refractivity contribution in [2.24, 2.45) is 0 Å². The lowest BCUT2D eigenvalue weighted by Gasteiger charge is -2.28. The van der Waals surface area contributed by atoms with Crippen LogP contribution < -0.4 is 4.90 Å². The molecule has 0 radical (unpaired) electrons. The molecule has 78 valence electrons. The molecule has 0 aliphatic carbocycles. The second-order valence-electron chi connectivity index (χ2n) is 4.14. The molecule has 15 heavy (non-hydrogen) atoms. The monoisotopic (exact) mass is 200 g/mol. The Balaban J connectivity index is 2.38. The second kappa shape index (κ2) is 3.94. The van der Waals surface area contributed by atoms with Crippen LogP contribution in [0.5, 0.6) is 0 Å². The van der Waals surface area contributed by atoms with Gasteiger partial charge in [0, 0.05) is 11.7 Å². The number of benzene rings is 1. The Bertz CT molecular complexity index is 392. The van der Waals surface area contributed by atoms with Crippen LogP contribution in [0.4, 0.5) is 5.69 Å². The zero-order valence-corrected chi connectivity index (χ0v) is 9.27.